The Bertz CT molecular complexity index is 1120. The first-order chi connectivity index (χ1) is 12.2. The first-order valence-corrected chi connectivity index (χ1v) is 7.98. The van der Waals surface area contributed by atoms with Gasteiger partial charge in [-0.2, -0.15) is 0 Å². The number of nitrogens with zero attached hydrogens (tertiary/aromatic N) is 3. The Morgan fingerprint density at radius 2 is 1.84 bits per heavy atom. The smallest absolute Gasteiger partial charge is 0.280 e. The number of para-hydroxylation sites is 2. The number of H-pyrrole nitrogens is 1. The largest absolute Gasteiger partial charge is 0.295 e. The van der Waals surface area contributed by atoms with Crippen LogP contribution in [-0.2, 0) is 0 Å². The summed E-state index contributed by atoms with van der Waals surface area (Å²) in [6.45, 7) is 1.86. The van der Waals surface area contributed by atoms with Crippen molar-refractivity contribution in [3.63, 3.8) is 0 Å². The molecule has 25 heavy (non-hydrogen) atoms. The molecule has 0 aliphatic rings. The van der Waals surface area contributed by atoms with E-state index >= 15 is 0 Å². The van der Waals surface area contributed by atoms with Gasteiger partial charge in [-0.3, -0.25) is 19.9 Å². The maximum absolute atomic E-state index is 12.6. The molecule has 2 aromatic carbocycles. The fourth-order valence-electron chi connectivity index (χ4n) is 2.74. The number of aliphatic imine (C=N–C) groups is 1. The quantitative estimate of drug-likeness (QED) is 0.582. The highest BCUT2D eigenvalue weighted by atomic mass is 16.1. The lowest BCUT2D eigenvalue weighted by atomic mass is 10.2. The summed E-state index contributed by atoms with van der Waals surface area (Å²) < 4.78 is 1.52. The lowest BCUT2D eigenvalue weighted by molar-refractivity contribution is 0.835. The molecule has 0 radical (unpaired) electrons. The van der Waals surface area contributed by atoms with E-state index < -0.39 is 0 Å². The van der Waals surface area contributed by atoms with Gasteiger partial charge in [-0.25, -0.2) is 4.68 Å². The third-order valence-corrected chi connectivity index (χ3v) is 4.05. The highest BCUT2D eigenvalue weighted by Crippen LogP contribution is 2.18. The van der Waals surface area contributed by atoms with E-state index in [0.29, 0.717) is 11.3 Å². The Kier molecular flexibility index (Phi) is 3.74. The van der Waals surface area contributed by atoms with Crippen LogP contribution in [0, 0.1) is 6.92 Å². The molecule has 0 saturated carbocycles. The van der Waals surface area contributed by atoms with Crippen LogP contribution in [0.2, 0.25) is 0 Å². The van der Waals surface area contributed by atoms with E-state index in [4.69, 9.17) is 0 Å². The van der Waals surface area contributed by atoms with E-state index in [9.17, 15) is 4.79 Å². The number of aromatic amines is 1. The van der Waals surface area contributed by atoms with Gasteiger partial charge in [0.15, 0.2) is 0 Å². The Morgan fingerprint density at radius 3 is 2.68 bits per heavy atom. The van der Waals surface area contributed by atoms with Crippen LogP contribution in [0.4, 0.5) is 5.69 Å². The molecule has 4 rings (SSSR count). The van der Waals surface area contributed by atoms with Gasteiger partial charge >= 0.3 is 0 Å². The molecule has 4 aromatic rings. The summed E-state index contributed by atoms with van der Waals surface area (Å²) in [4.78, 5) is 21.5. The molecule has 0 atom stereocenters. The summed E-state index contributed by atoms with van der Waals surface area (Å²) in [5, 5.41) is 4.11. The van der Waals surface area contributed by atoms with Crippen LogP contribution in [0.25, 0.3) is 16.6 Å². The molecular weight excluding hydrogens is 312 g/mol. The Hall–Kier alpha value is -3.47. The minimum absolute atomic E-state index is 0.124. The fraction of sp³-hybridized carbons (Fsp3) is 0.0500. The molecule has 0 spiro atoms. The van der Waals surface area contributed by atoms with Gasteiger partial charge in [-0.15, -0.1) is 0 Å². The zero-order chi connectivity index (χ0) is 17.2. The number of aromatic nitrogens is 3. The maximum atomic E-state index is 12.6. The highest BCUT2D eigenvalue weighted by Gasteiger charge is 2.10. The molecule has 0 aliphatic carbocycles. The minimum Gasteiger partial charge on any atom is -0.295 e. The van der Waals surface area contributed by atoms with Crippen molar-refractivity contribution in [3.05, 3.63) is 88.5 Å². The Labute approximate surface area is 144 Å². The van der Waals surface area contributed by atoms with Crippen LogP contribution in [0.15, 0.2) is 76.6 Å². The molecule has 1 N–H and O–H groups in total. The summed E-state index contributed by atoms with van der Waals surface area (Å²) >= 11 is 0. The van der Waals surface area contributed by atoms with E-state index in [0.717, 1.165) is 22.3 Å². The number of hydrogen-bond donors (Lipinski definition) is 1. The second kappa shape index (κ2) is 6.20. The first-order valence-electron chi connectivity index (χ1n) is 7.98. The van der Waals surface area contributed by atoms with Gasteiger partial charge in [0.1, 0.15) is 0 Å². The van der Waals surface area contributed by atoms with E-state index in [1.807, 2.05) is 67.6 Å². The molecule has 0 saturated heterocycles. The second-order valence-electron chi connectivity index (χ2n) is 5.77. The second-order valence-corrected chi connectivity index (χ2v) is 5.77. The lowest BCUT2D eigenvalue weighted by Crippen LogP contribution is -2.17. The summed E-state index contributed by atoms with van der Waals surface area (Å²) in [6.07, 6.45) is 3.30. The van der Waals surface area contributed by atoms with Gasteiger partial charge in [0, 0.05) is 17.3 Å². The summed E-state index contributed by atoms with van der Waals surface area (Å²) in [5.41, 5.74) is 3.61. The molecule has 122 valence electrons. The number of rotatable bonds is 3. The van der Waals surface area contributed by atoms with Crippen molar-refractivity contribution in [1.82, 2.24) is 14.8 Å². The van der Waals surface area contributed by atoms with Crippen molar-refractivity contribution in [1.29, 1.82) is 0 Å². The molecule has 5 heteroatoms. The van der Waals surface area contributed by atoms with Gasteiger partial charge in [-0.1, -0.05) is 36.4 Å². The standard InChI is InChI=1S/C20H16N4O/c1-14-18(20(25)24(23-14)17-8-3-2-4-9-17)13-21-16-11-15-7-5-6-10-19(15)22-12-16/h2-13,23H,1H3. The maximum Gasteiger partial charge on any atom is 0.280 e. The number of fused-ring (bicyclic) bond motifs is 1. The van der Waals surface area contributed by atoms with Gasteiger partial charge < -0.3 is 0 Å². The summed E-state index contributed by atoms with van der Waals surface area (Å²) in [6, 6.07) is 19.3. The number of benzene rings is 2. The van der Waals surface area contributed by atoms with Crippen LogP contribution in [-0.4, -0.2) is 21.0 Å². The molecule has 0 aliphatic heterocycles. The SMILES string of the molecule is Cc1[nH]n(-c2ccccc2)c(=O)c1C=Nc1cnc2ccccc2c1. The van der Waals surface area contributed by atoms with Crippen molar-refractivity contribution in [2.24, 2.45) is 4.99 Å². The van der Waals surface area contributed by atoms with E-state index in [-0.39, 0.29) is 5.56 Å². The van der Waals surface area contributed by atoms with Crippen LogP contribution >= 0.6 is 0 Å². The minimum atomic E-state index is -0.124. The van der Waals surface area contributed by atoms with Crippen molar-refractivity contribution < 1.29 is 0 Å². The van der Waals surface area contributed by atoms with Gasteiger partial charge in [0.2, 0.25) is 0 Å². The van der Waals surface area contributed by atoms with E-state index in [2.05, 4.69) is 15.1 Å². The first kappa shape index (κ1) is 15.1. The third-order valence-electron chi connectivity index (χ3n) is 4.05. The van der Waals surface area contributed by atoms with Crippen LogP contribution in [0.1, 0.15) is 11.3 Å². The average Bonchev–Trinajstić information content (AvgIpc) is 2.94. The Morgan fingerprint density at radius 1 is 1.08 bits per heavy atom. The van der Waals surface area contributed by atoms with Crippen LogP contribution in [0.5, 0.6) is 0 Å². The van der Waals surface area contributed by atoms with Crippen LogP contribution in [0.3, 0.4) is 0 Å². The molecule has 5 nitrogen and oxygen atoms in total. The average molecular weight is 328 g/mol. The molecule has 2 aromatic heterocycles. The highest BCUT2D eigenvalue weighted by molar-refractivity contribution is 5.85. The predicted molar refractivity (Wildman–Crippen MR) is 100 cm³/mol. The Balaban J connectivity index is 1.71. The number of nitrogens with one attached hydrogen (secondary N) is 1. The molecule has 0 bridgehead atoms. The van der Waals surface area contributed by atoms with Crippen molar-refractivity contribution in [2.75, 3.05) is 0 Å². The number of aryl methyl sites for hydroxylation is 1. The molecular formula is C20H16N4O. The monoisotopic (exact) mass is 328 g/mol. The van der Waals surface area contributed by atoms with Crippen molar-refractivity contribution in [2.45, 2.75) is 6.92 Å². The predicted octanol–water partition coefficient (Wildman–Crippen LogP) is 3.77. The zero-order valence-electron chi connectivity index (χ0n) is 13.7. The van der Waals surface area contributed by atoms with Crippen molar-refractivity contribution >= 4 is 22.8 Å². The van der Waals surface area contributed by atoms with Crippen LogP contribution < -0.4 is 5.56 Å². The number of pyridine rings is 1. The fourth-order valence-corrected chi connectivity index (χ4v) is 2.74. The topological polar surface area (TPSA) is 63.0 Å². The number of hydrogen-bond acceptors (Lipinski definition) is 3. The molecule has 0 unspecified atom stereocenters. The third kappa shape index (κ3) is 2.87. The zero-order valence-corrected chi connectivity index (χ0v) is 13.7. The summed E-state index contributed by atoms with van der Waals surface area (Å²) in [7, 11) is 0. The van der Waals surface area contributed by atoms with Gasteiger partial charge in [0.25, 0.3) is 5.56 Å². The normalized spacial score (nSPS) is 11.4. The van der Waals surface area contributed by atoms with E-state index in [1.54, 1.807) is 12.4 Å². The molecule has 0 fully saturated rings. The van der Waals surface area contributed by atoms with E-state index in [1.165, 1.54) is 4.68 Å². The molecule has 0 amide bonds. The molecule has 2 heterocycles. The summed E-state index contributed by atoms with van der Waals surface area (Å²) in [5.74, 6) is 0. The van der Waals surface area contributed by atoms with Gasteiger partial charge in [0.05, 0.1) is 28.7 Å². The van der Waals surface area contributed by atoms with Gasteiger partial charge in [-0.05, 0) is 31.2 Å². The lowest BCUT2D eigenvalue weighted by Gasteiger charge is -1.99. The van der Waals surface area contributed by atoms with Crippen molar-refractivity contribution in [3.8, 4) is 5.69 Å².